The van der Waals surface area contributed by atoms with Gasteiger partial charge in [0.25, 0.3) is 0 Å². The number of rotatable bonds is 7. The van der Waals surface area contributed by atoms with E-state index in [-0.39, 0.29) is 0 Å². The van der Waals surface area contributed by atoms with Crippen LogP contribution in [0.2, 0.25) is 0 Å². The lowest BCUT2D eigenvalue weighted by Gasteiger charge is -2.35. The number of hydrazone groups is 2. The van der Waals surface area contributed by atoms with Crippen molar-refractivity contribution in [1.29, 1.82) is 0 Å². The van der Waals surface area contributed by atoms with Gasteiger partial charge in [0.2, 0.25) is 0 Å². The second-order valence-corrected chi connectivity index (χ2v) is 11.5. The van der Waals surface area contributed by atoms with Gasteiger partial charge in [-0.05, 0) is 83.9 Å². The fourth-order valence-corrected chi connectivity index (χ4v) is 6.43. The van der Waals surface area contributed by atoms with E-state index < -0.39 is 36.2 Å². The molecule has 0 aromatic heterocycles. The molecule has 2 heterocycles. The van der Waals surface area contributed by atoms with Crippen LogP contribution in [-0.4, -0.2) is 40.1 Å². The van der Waals surface area contributed by atoms with Gasteiger partial charge in [-0.3, -0.25) is 0 Å². The highest BCUT2D eigenvalue weighted by atomic mass is 79.9. The highest BCUT2D eigenvalue weighted by Gasteiger charge is 2.49. The first-order chi connectivity index (χ1) is 20.8. The number of hydrogen-bond donors (Lipinski definition) is 2. The molecular weight excluding hydrogens is 608 g/mol. The van der Waals surface area contributed by atoms with Crippen molar-refractivity contribution < 1.29 is 19.7 Å². The molecule has 218 valence electrons. The number of anilines is 2. The van der Waals surface area contributed by atoms with Gasteiger partial charge in [-0.1, -0.05) is 60.7 Å². The Morgan fingerprint density at radius 1 is 0.721 bits per heavy atom. The van der Waals surface area contributed by atoms with Crippen LogP contribution in [0.15, 0.2) is 124 Å². The molecule has 0 radical (unpaired) electrons. The van der Waals surface area contributed by atoms with E-state index in [9.17, 15) is 15.0 Å². The van der Waals surface area contributed by atoms with Crippen molar-refractivity contribution in [3.8, 4) is 5.75 Å². The predicted molar refractivity (Wildman–Crippen MR) is 171 cm³/mol. The van der Waals surface area contributed by atoms with Crippen molar-refractivity contribution >= 4 is 44.7 Å². The third-order valence-electron chi connectivity index (χ3n) is 8.02. The van der Waals surface area contributed by atoms with Crippen LogP contribution in [0.5, 0.6) is 5.75 Å². The van der Waals surface area contributed by atoms with Gasteiger partial charge in [0.05, 0.1) is 28.8 Å². The molecule has 2 aliphatic heterocycles. The number of ether oxygens (including phenoxy) is 1. The SMILES string of the molecule is CC1=NN(c2ccccc2)[C@@H](O)[C@H]1C(c1ccc(OC(=O)c2ccccc2Br)cc1)[C@@H]1C(C)=NN(c2ccccc2)[C@H]1O. The maximum atomic E-state index is 12.8. The summed E-state index contributed by atoms with van der Waals surface area (Å²) in [6.45, 7) is 3.81. The Hall–Kier alpha value is -4.31. The van der Waals surface area contributed by atoms with Crippen LogP contribution in [0.4, 0.5) is 11.4 Å². The summed E-state index contributed by atoms with van der Waals surface area (Å²) in [7, 11) is 0. The summed E-state index contributed by atoms with van der Waals surface area (Å²) in [5.41, 5.74) is 4.30. The second kappa shape index (κ2) is 12.1. The molecule has 2 N–H and O–H groups in total. The Bertz CT molecular complexity index is 1590. The smallest absolute Gasteiger partial charge is 0.344 e. The number of halogens is 1. The quantitative estimate of drug-likeness (QED) is 0.179. The summed E-state index contributed by atoms with van der Waals surface area (Å²) >= 11 is 3.40. The van der Waals surface area contributed by atoms with Crippen molar-refractivity contribution in [3.05, 3.63) is 125 Å². The molecule has 4 aromatic carbocycles. The maximum absolute atomic E-state index is 12.8. The molecule has 43 heavy (non-hydrogen) atoms. The van der Waals surface area contributed by atoms with Crippen LogP contribution in [0, 0.1) is 11.8 Å². The van der Waals surface area contributed by atoms with Crippen LogP contribution < -0.4 is 14.8 Å². The molecule has 1 unspecified atom stereocenters. The van der Waals surface area contributed by atoms with Gasteiger partial charge in [0.15, 0.2) is 12.5 Å². The number of aliphatic hydroxyl groups is 2. The molecule has 0 aliphatic carbocycles. The number of esters is 1. The van der Waals surface area contributed by atoms with E-state index in [1.807, 2.05) is 92.7 Å². The van der Waals surface area contributed by atoms with Crippen LogP contribution >= 0.6 is 15.9 Å². The first-order valence-electron chi connectivity index (χ1n) is 14.0. The average Bonchev–Trinajstić information content (AvgIpc) is 3.49. The molecule has 0 amide bonds. The van der Waals surface area contributed by atoms with E-state index in [1.165, 1.54) is 0 Å². The van der Waals surface area contributed by atoms with Crippen molar-refractivity contribution in [3.63, 3.8) is 0 Å². The van der Waals surface area contributed by atoms with Crippen LogP contribution in [-0.2, 0) is 0 Å². The topological polar surface area (TPSA) is 98.0 Å². The second-order valence-electron chi connectivity index (χ2n) is 10.7. The van der Waals surface area contributed by atoms with E-state index in [2.05, 4.69) is 15.9 Å². The number of carbonyl (C=O) groups is 1. The molecule has 9 heteroatoms. The van der Waals surface area contributed by atoms with Crippen molar-refractivity contribution in [2.75, 3.05) is 10.0 Å². The molecule has 4 aromatic rings. The maximum Gasteiger partial charge on any atom is 0.344 e. The normalized spacial score (nSPS) is 22.3. The van der Waals surface area contributed by atoms with Crippen molar-refractivity contribution in [2.24, 2.45) is 22.0 Å². The van der Waals surface area contributed by atoms with E-state index >= 15 is 0 Å². The molecule has 0 saturated carbocycles. The number of para-hydroxylation sites is 2. The molecule has 5 atom stereocenters. The minimum atomic E-state index is -0.980. The fraction of sp³-hybridized carbons (Fsp3) is 0.206. The molecule has 8 nitrogen and oxygen atoms in total. The lowest BCUT2D eigenvalue weighted by Crippen LogP contribution is -2.44. The van der Waals surface area contributed by atoms with E-state index in [4.69, 9.17) is 14.9 Å². The van der Waals surface area contributed by atoms with Gasteiger partial charge in [-0.2, -0.15) is 10.2 Å². The number of aliphatic hydroxyl groups excluding tert-OH is 2. The number of benzene rings is 4. The fourth-order valence-electron chi connectivity index (χ4n) is 5.99. The Labute approximate surface area is 258 Å². The van der Waals surface area contributed by atoms with Gasteiger partial charge >= 0.3 is 5.97 Å². The third kappa shape index (κ3) is 5.59. The van der Waals surface area contributed by atoms with Gasteiger partial charge < -0.3 is 14.9 Å². The lowest BCUT2D eigenvalue weighted by molar-refractivity contribution is 0.0733. The minimum absolute atomic E-state index is 0.384. The zero-order valence-corrected chi connectivity index (χ0v) is 25.2. The van der Waals surface area contributed by atoms with Gasteiger partial charge in [0, 0.05) is 21.8 Å². The van der Waals surface area contributed by atoms with Gasteiger partial charge in [-0.15, -0.1) is 0 Å². The van der Waals surface area contributed by atoms with Crippen LogP contribution in [0.3, 0.4) is 0 Å². The summed E-state index contributed by atoms with van der Waals surface area (Å²) in [5.74, 6) is -1.43. The molecule has 0 fully saturated rings. The van der Waals surface area contributed by atoms with E-state index in [0.29, 0.717) is 15.8 Å². The zero-order chi connectivity index (χ0) is 30.1. The third-order valence-corrected chi connectivity index (χ3v) is 8.72. The average molecular weight is 640 g/mol. The Balaban J connectivity index is 1.35. The molecular formula is C34H31BrN4O4. The summed E-state index contributed by atoms with van der Waals surface area (Å²) < 4.78 is 6.32. The van der Waals surface area contributed by atoms with Crippen molar-refractivity contribution in [2.45, 2.75) is 32.2 Å². The molecule has 6 rings (SSSR count). The van der Waals surface area contributed by atoms with Gasteiger partial charge in [0.1, 0.15) is 5.75 Å². The van der Waals surface area contributed by atoms with E-state index in [0.717, 1.165) is 28.4 Å². The largest absolute Gasteiger partial charge is 0.423 e. The highest BCUT2D eigenvalue weighted by Crippen LogP contribution is 2.45. The Kier molecular flexibility index (Phi) is 8.12. The summed E-state index contributed by atoms with van der Waals surface area (Å²) in [5, 5.41) is 36.3. The molecule has 0 saturated heterocycles. The first-order valence-corrected chi connectivity index (χ1v) is 14.8. The summed E-state index contributed by atoms with van der Waals surface area (Å²) in [6.07, 6.45) is -1.96. The number of carbonyl (C=O) groups excluding carboxylic acids is 1. The highest BCUT2D eigenvalue weighted by molar-refractivity contribution is 9.10. The van der Waals surface area contributed by atoms with E-state index in [1.54, 1.807) is 40.3 Å². The standard InChI is InChI=1S/C34H31BrN4O4/c1-21-29(32(40)38(36-21)24-11-5-3-6-12-24)31(30-22(2)37-39(33(30)41)25-13-7-4-8-14-25)23-17-19-26(20-18-23)43-34(42)27-15-9-10-16-28(27)35/h3-20,29-33,40-41H,1-2H3/t29-,30+,31?,32-,33-/m0/s1. The lowest BCUT2D eigenvalue weighted by atomic mass is 9.72. The van der Waals surface area contributed by atoms with Crippen LogP contribution in [0.25, 0.3) is 0 Å². The van der Waals surface area contributed by atoms with Crippen LogP contribution in [0.1, 0.15) is 35.7 Å². The first kappa shape index (κ1) is 28.8. The summed E-state index contributed by atoms with van der Waals surface area (Å²) in [6, 6.07) is 33.4. The number of nitrogens with zero attached hydrogens (tertiary/aromatic N) is 4. The Morgan fingerprint density at radius 3 is 1.67 bits per heavy atom. The summed E-state index contributed by atoms with van der Waals surface area (Å²) in [4.78, 5) is 12.8. The Morgan fingerprint density at radius 2 is 1.19 bits per heavy atom. The van der Waals surface area contributed by atoms with Crippen molar-refractivity contribution in [1.82, 2.24) is 0 Å². The minimum Gasteiger partial charge on any atom is -0.423 e. The zero-order valence-electron chi connectivity index (χ0n) is 23.7. The molecule has 2 aliphatic rings. The van der Waals surface area contributed by atoms with Gasteiger partial charge in [-0.25, -0.2) is 14.8 Å². The predicted octanol–water partition coefficient (Wildman–Crippen LogP) is 6.41. The number of hydrogen-bond acceptors (Lipinski definition) is 8. The molecule has 0 bridgehead atoms. The monoisotopic (exact) mass is 638 g/mol. The molecule has 0 spiro atoms.